The van der Waals surface area contributed by atoms with Crippen molar-refractivity contribution in [1.29, 1.82) is 0 Å². The van der Waals surface area contributed by atoms with Crippen molar-refractivity contribution in [2.45, 2.75) is 58.1 Å². The molecule has 1 aromatic carbocycles. The Balaban J connectivity index is 2.60. The number of rotatable bonds is 2. The van der Waals surface area contributed by atoms with Crippen molar-refractivity contribution in [1.82, 2.24) is 4.31 Å². The third kappa shape index (κ3) is 3.01. The third-order valence-corrected chi connectivity index (χ3v) is 9.26. The highest BCUT2D eigenvalue weighted by Gasteiger charge is 2.40. The van der Waals surface area contributed by atoms with Crippen LogP contribution in [0.3, 0.4) is 0 Å². The normalized spacial score (nSPS) is 22.3. The Labute approximate surface area is 142 Å². The van der Waals surface area contributed by atoms with Gasteiger partial charge < -0.3 is 0 Å². The van der Waals surface area contributed by atoms with Crippen LogP contribution in [0.5, 0.6) is 0 Å². The Morgan fingerprint density at radius 3 is 1.78 bits per heavy atom. The Morgan fingerprint density at radius 1 is 0.913 bits per heavy atom. The highest BCUT2D eigenvalue weighted by atomic mass is 32.2. The maximum Gasteiger partial charge on any atom is 0.243 e. The average molecular weight is 358 g/mol. The van der Waals surface area contributed by atoms with Gasteiger partial charge in [0, 0.05) is 29.6 Å². The van der Waals surface area contributed by atoms with Crippen molar-refractivity contribution in [3.05, 3.63) is 27.8 Å². The average Bonchev–Trinajstić information content (AvgIpc) is 2.45. The summed E-state index contributed by atoms with van der Waals surface area (Å²) in [6.45, 7) is 14.1. The standard InChI is InChI=1S/C17H27NO3S2/c1-11-12(2)14(4)16(15(5)13(11)3)23(20,21)18-8-9-22(19)17(6,7)10-18/h8-10H2,1-7H3/t22-/m1/s1. The Kier molecular flexibility index (Phi) is 4.83. The van der Waals surface area contributed by atoms with Gasteiger partial charge in [0.05, 0.1) is 9.64 Å². The number of hydrogen-bond acceptors (Lipinski definition) is 3. The van der Waals surface area contributed by atoms with E-state index in [-0.39, 0.29) is 0 Å². The van der Waals surface area contributed by atoms with E-state index >= 15 is 0 Å². The van der Waals surface area contributed by atoms with E-state index < -0.39 is 25.6 Å². The molecule has 0 unspecified atom stereocenters. The molecule has 1 aromatic rings. The first kappa shape index (κ1) is 18.6. The van der Waals surface area contributed by atoms with E-state index in [1.165, 1.54) is 4.31 Å². The lowest BCUT2D eigenvalue weighted by atomic mass is 9.95. The highest BCUT2D eigenvalue weighted by Crippen LogP contribution is 2.33. The predicted molar refractivity (Wildman–Crippen MR) is 96.0 cm³/mol. The smallest absolute Gasteiger partial charge is 0.243 e. The maximum absolute atomic E-state index is 13.3. The van der Waals surface area contributed by atoms with Crippen molar-refractivity contribution in [3.63, 3.8) is 0 Å². The van der Waals surface area contributed by atoms with E-state index in [1.54, 1.807) is 0 Å². The van der Waals surface area contributed by atoms with Gasteiger partial charge in [0.2, 0.25) is 10.0 Å². The molecule has 1 saturated heterocycles. The molecule has 130 valence electrons. The molecular weight excluding hydrogens is 330 g/mol. The largest absolute Gasteiger partial charge is 0.259 e. The highest BCUT2D eigenvalue weighted by molar-refractivity contribution is 7.90. The first-order valence-corrected chi connectivity index (χ1v) is 10.6. The second-order valence-electron chi connectivity index (χ2n) is 7.10. The molecule has 0 bridgehead atoms. The van der Waals surface area contributed by atoms with Gasteiger partial charge in [0.25, 0.3) is 0 Å². The molecule has 0 saturated carbocycles. The molecule has 0 N–H and O–H groups in total. The van der Waals surface area contributed by atoms with Crippen LogP contribution in [0.2, 0.25) is 0 Å². The van der Waals surface area contributed by atoms with E-state index in [4.69, 9.17) is 0 Å². The monoisotopic (exact) mass is 357 g/mol. The van der Waals surface area contributed by atoms with Crippen LogP contribution in [0.15, 0.2) is 4.90 Å². The minimum Gasteiger partial charge on any atom is -0.259 e. The van der Waals surface area contributed by atoms with Gasteiger partial charge in [-0.3, -0.25) is 4.21 Å². The molecular formula is C17H27NO3S2. The Bertz CT molecular complexity index is 751. The number of hydrogen-bond donors (Lipinski definition) is 0. The van der Waals surface area contributed by atoms with Gasteiger partial charge in [0.1, 0.15) is 0 Å². The molecule has 0 radical (unpaired) electrons. The second kappa shape index (κ2) is 5.97. The lowest BCUT2D eigenvalue weighted by Crippen LogP contribution is -2.52. The SMILES string of the molecule is Cc1c(C)c(C)c(S(=O)(=O)N2CC[S@@](=O)C(C)(C)C2)c(C)c1C. The quantitative estimate of drug-likeness (QED) is 0.818. The van der Waals surface area contributed by atoms with Gasteiger partial charge >= 0.3 is 0 Å². The fraction of sp³-hybridized carbons (Fsp3) is 0.647. The molecule has 2 rings (SSSR count). The van der Waals surface area contributed by atoms with Crippen LogP contribution < -0.4 is 0 Å². The fourth-order valence-corrected chi connectivity index (χ4v) is 6.82. The molecule has 0 aliphatic carbocycles. The molecule has 0 aromatic heterocycles. The molecule has 6 heteroatoms. The molecule has 23 heavy (non-hydrogen) atoms. The van der Waals surface area contributed by atoms with Gasteiger partial charge in [-0.25, -0.2) is 8.42 Å². The molecule has 1 aliphatic heterocycles. The van der Waals surface area contributed by atoms with E-state index in [0.717, 1.165) is 27.8 Å². The van der Waals surface area contributed by atoms with Crippen LogP contribution in [-0.2, 0) is 20.8 Å². The van der Waals surface area contributed by atoms with E-state index in [2.05, 4.69) is 0 Å². The topological polar surface area (TPSA) is 54.5 Å². The van der Waals surface area contributed by atoms with Crippen molar-refractivity contribution in [2.24, 2.45) is 0 Å². The molecule has 1 aliphatic rings. The van der Waals surface area contributed by atoms with E-state index in [9.17, 15) is 12.6 Å². The molecule has 4 nitrogen and oxygen atoms in total. The molecule has 0 amide bonds. The van der Waals surface area contributed by atoms with Crippen LogP contribution in [0.4, 0.5) is 0 Å². The van der Waals surface area contributed by atoms with Gasteiger partial charge in [-0.05, 0) is 76.3 Å². The van der Waals surface area contributed by atoms with Crippen molar-refractivity contribution >= 4 is 20.8 Å². The molecule has 1 fully saturated rings. The predicted octanol–water partition coefficient (Wildman–Crippen LogP) is 2.76. The summed E-state index contributed by atoms with van der Waals surface area (Å²) in [6.07, 6.45) is 0. The summed E-state index contributed by atoms with van der Waals surface area (Å²) in [6, 6.07) is 0. The molecule has 1 heterocycles. The van der Waals surface area contributed by atoms with Crippen LogP contribution >= 0.6 is 0 Å². The minimum absolute atomic E-state index is 0.298. The minimum atomic E-state index is -3.58. The van der Waals surface area contributed by atoms with Gasteiger partial charge in [0.15, 0.2) is 0 Å². The summed E-state index contributed by atoms with van der Waals surface area (Å²) in [4.78, 5) is 0.432. The van der Waals surface area contributed by atoms with E-state index in [0.29, 0.717) is 23.7 Å². The number of nitrogens with zero attached hydrogens (tertiary/aromatic N) is 1. The van der Waals surface area contributed by atoms with Crippen LogP contribution in [0.25, 0.3) is 0 Å². The van der Waals surface area contributed by atoms with Gasteiger partial charge in [-0.2, -0.15) is 4.31 Å². The maximum atomic E-state index is 13.3. The van der Waals surface area contributed by atoms with Gasteiger partial charge in [-0.1, -0.05) is 0 Å². The van der Waals surface area contributed by atoms with Crippen LogP contribution in [0.1, 0.15) is 41.7 Å². The Hall–Kier alpha value is -0.720. The van der Waals surface area contributed by atoms with Crippen LogP contribution in [0, 0.1) is 34.6 Å². The lowest BCUT2D eigenvalue weighted by Gasteiger charge is -2.37. The van der Waals surface area contributed by atoms with Crippen molar-refractivity contribution in [3.8, 4) is 0 Å². The van der Waals surface area contributed by atoms with Gasteiger partial charge in [-0.15, -0.1) is 0 Å². The molecule has 1 atom stereocenters. The zero-order valence-electron chi connectivity index (χ0n) is 15.1. The summed E-state index contributed by atoms with van der Waals surface area (Å²) in [7, 11) is -4.57. The van der Waals surface area contributed by atoms with E-state index in [1.807, 2.05) is 48.5 Å². The third-order valence-electron chi connectivity index (χ3n) is 5.23. The lowest BCUT2D eigenvalue weighted by molar-refractivity contribution is 0.378. The summed E-state index contributed by atoms with van der Waals surface area (Å²) >= 11 is 0. The summed E-state index contributed by atoms with van der Waals surface area (Å²) in [5.41, 5.74) is 4.88. The zero-order valence-corrected chi connectivity index (χ0v) is 16.7. The summed E-state index contributed by atoms with van der Waals surface area (Å²) < 4.78 is 39.6. The van der Waals surface area contributed by atoms with Crippen molar-refractivity contribution < 1.29 is 12.6 Å². The number of sulfonamides is 1. The van der Waals surface area contributed by atoms with Crippen molar-refractivity contribution in [2.75, 3.05) is 18.8 Å². The first-order valence-electron chi connectivity index (χ1n) is 7.87. The number of benzene rings is 1. The first-order chi connectivity index (χ1) is 10.4. The Morgan fingerprint density at radius 2 is 1.35 bits per heavy atom. The zero-order chi connectivity index (χ0) is 17.7. The fourth-order valence-electron chi connectivity index (χ4n) is 3.22. The van der Waals surface area contributed by atoms with Crippen LogP contribution in [-0.4, -0.2) is 40.5 Å². The second-order valence-corrected chi connectivity index (χ2v) is 11.2. The summed E-state index contributed by atoms with van der Waals surface area (Å²) in [5, 5.41) is 0. The molecule has 0 spiro atoms. The summed E-state index contributed by atoms with van der Waals surface area (Å²) in [5.74, 6) is 0.397.